The lowest BCUT2D eigenvalue weighted by molar-refractivity contribution is 0.0508. The number of nitrogens with zero attached hydrogens (tertiary/aromatic N) is 3. The molecule has 0 aliphatic carbocycles. The molecule has 150 valence electrons. The van der Waals surface area contributed by atoms with E-state index in [2.05, 4.69) is 32.8 Å². The number of fused-ring (bicyclic) bond motifs is 1. The van der Waals surface area contributed by atoms with Crippen molar-refractivity contribution in [3.05, 3.63) is 83.7 Å². The van der Waals surface area contributed by atoms with Crippen LogP contribution in [-0.4, -0.2) is 32.3 Å². The fourth-order valence-electron chi connectivity index (χ4n) is 3.93. The molecular formula is C23H19FN4O2. The van der Waals surface area contributed by atoms with Gasteiger partial charge in [-0.25, -0.2) is 4.39 Å². The summed E-state index contributed by atoms with van der Waals surface area (Å²) in [7, 11) is 0. The number of ether oxygens (including phenoxy) is 1. The van der Waals surface area contributed by atoms with Crippen LogP contribution in [0.4, 0.5) is 4.39 Å². The molecule has 6 nitrogen and oxygen atoms in total. The maximum Gasteiger partial charge on any atom is 0.205 e. The Morgan fingerprint density at radius 2 is 1.90 bits per heavy atom. The molecule has 0 radical (unpaired) electrons. The van der Waals surface area contributed by atoms with Gasteiger partial charge in [0.05, 0.1) is 12.7 Å². The van der Waals surface area contributed by atoms with Crippen molar-refractivity contribution in [2.45, 2.75) is 12.5 Å². The summed E-state index contributed by atoms with van der Waals surface area (Å²) in [4.78, 5) is 0. The molecule has 5 rings (SSSR count). The number of aliphatic hydroxyl groups is 1. The van der Waals surface area contributed by atoms with Crippen molar-refractivity contribution in [2.24, 2.45) is 5.92 Å². The van der Waals surface area contributed by atoms with Crippen molar-refractivity contribution in [3.8, 4) is 28.3 Å². The summed E-state index contributed by atoms with van der Waals surface area (Å²) in [6.07, 6.45) is 0.0990. The molecule has 0 bridgehead atoms. The Morgan fingerprint density at radius 1 is 1.03 bits per heavy atom. The third-order valence-electron chi connectivity index (χ3n) is 5.45. The van der Waals surface area contributed by atoms with Crippen LogP contribution in [0.15, 0.2) is 66.7 Å². The van der Waals surface area contributed by atoms with Crippen molar-refractivity contribution in [1.29, 1.82) is 0 Å². The van der Waals surface area contributed by atoms with Gasteiger partial charge in [0.25, 0.3) is 0 Å². The number of rotatable bonds is 4. The molecule has 0 unspecified atom stereocenters. The van der Waals surface area contributed by atoms with Gasteiger partial charge in [-0.05, 0) is 52.6 Å². The first-order valence-corrected chi connectivity index (χ1v) is 9.71. The van der Waals surface area contributed by atoms with Gasteiger partial charge >= 0.3 is 0 Å². The number of nitrogens with one attached hydrogen (secondary N) is 1. The molecule has 2 atom stereocenters. The minimum Gasteiger partial charge on any atom is -0.493 e. The van der Waals surface area contributed by atoms with Crippen molar-refractivity contribution in [2.75, 3.05) is 6.61 Å². The topological polar surface area (TPSA) is 83.9 Å². The first kappa shape index (κ1) is 18.4. The van der Waals surface area contributed by atoms with Crippen molar-refractivity contribution >= 4 is 0 Å². The van der Waals surface area contributed by atoms with Gasteiger partial charge in [-0.15, -0.1) is 10.2 Å². The van der Waals surface area contributed by atoms with Crippen LogP contribution in [0.25, 0.3) is 22.5 Å². The number of halogens is 1. The van der Waals surface area contributed by atoms with Gasteiger partial charge in [-0.2, -0.15) is 5.21 Å². The second-order valence-electron chi connectivity index (χ2n) is 7.38. The fraction of sp³-hybridized carbons (Fsp3) is 0.174. The van der Waals surface area contributed by atoms with Gasteiger partial charge < -0.3 is 9.84 Å². The van der Waals surface area contributed by atoms with E-state index in [1.807, 2.05) is 36.4 Å². The Hall–Kier alpha value is -3.58. The van der Waals surface area contributed by atoms with Crippen molar-refractivity contribution in [3.63, 3.8) is 0 Å². The van der Waals surface area contributed by atoms with E-state index in [1.54, 1.807) is 6.07 Å². The first-order chi connectivity index (χ1) is 14.7. The summed E-state index contributed by atoms with van der Waals surface area (Å²) in [5, 5.41) is 25.0. The zero-order chi connectivity index (χ0) is 20.5. The Kier molecular flexibility index (Phi) is 4.72. The maximum absolute atomic E-state index is 14.0. The van der Waals surface area contributed by atoms with Gasteiger partial charge in [-0.1, -0.05) is 42.5 Å². The molecule has 30 heavy (non-hydrogen) atoms. The lowest BCUT2D eigenvalue weighted by Crippen LogP contribution is -2.27. The van der Waals surface area contributed by atoms with Gasteiger partial charge in [0.15, 0.2) is 0 Å². The largest absolute Gasteiger partial charge is 0.493 e. The second kappa shape index (κ2) is 7.68. The SMILES string of the molecule is O[C@H]1c2ccc(-c3cc(F)ccc3-c3nn[nH]n3)cc2OC[C@@H]1Cc1ccccc1. The fourth-order valence-corrected chi connectivity index (χ4v) is 3.93. The molecule has 0 fully saturated rings. The van der Waals surface area contributed by atoms with Crippen LogP contribution < -0.4 is 4.74 Å². The highest BCUT2D eigenvalue weighted by Gasteiger charge is 2.30. The smallest absolute Gasteiger partial charge is 0.205 e. The van der Waals surface area contributed by atoms with Crippen LogP contribution in [0.2, 0.25) is 0 Å². The summed E-state index contributed by atoms with van der Waals surface area (Å²) >= 11 is 0. The van der Waals surface area contributed by atoms with E-state index in [1.165, 1.54) is 12.1 Å². The molecule has 4 aromatic rings. The number of H-pyrrole nitrogens is 1. The highest BCUT2D eigenvalue weighted by atomic mass is 19.1. The lowest BCUT2D eigenvalue weighted by atomic mass is 9.87. The van der Waals surface area contributed by atoms with E-state index in [-0.39, 0.29) is 11.7 Å². The van der Waals surface area contributed by atoms with E-state index in [0.29, 0.717) is 29.3 Å². The molecule has 1 aromatic heterocycles. The van der Waals surface area contributed by atoms with Gasteiger partial charge in [0.2, 0.25) is 5.82 Å². The van der Waals surface area contributed by atoms with Crippen LogP contribution in [0.5, 0.6) is 5.75 Å². The number of aromatic nitrogens is 4. The first-order valence-electron chi connectivity index (χ1n) is 9.71. The highest BCUT2D eigenvalue weighted by molar-refractivity contribution is 5.81. The van der Waals surface area contributed by atoms with E-state index < -0.39 is 6.10 Å². The van der Waals surface area contributed by atoms with Gasteiger partial charge in [0, 0.05) is 17.0 Å². The normalized spacial score (nSPS) is 17.9. The Balaban J connectivity index is 1.47. The summed E-state index contributed by atoms with van der Waals surface area (Å²) in [5.41, 5.74) is 3.94. The Bertz CT molecular complexity index is 1170. The van der Waals surface area contributed by atoms with Gasteiger partial charge in [-0.3, -0.25) is 0 Å². The van der Waals surface area contributed by atoms with Crippen LogP contribution in [0, 0.1) is 11.7 Å². The lowest BCUT2D eigenvalue weighted by Gasteiger charge is -2.31. The van der Waals surface area contributed by atoms with E-state index >= 15 is 0 Å². The molecule has 7 heteroatoms. The zero-order valence-corrected chi connectivity index (χ0v) is 16.0. The molecule has 2 heterocycles. The summed E-state index contributed by atoms with van der Waals surface area (Å²) in [5.74, 6) is 0.591. The van der Waals surface area contributed by atoms with Crippen LogP contribution in [0.1, 0.15) is 17.2 Å². The monoisotopic (exact) mass is 402 g/mol. The maximum atomic E-state index is 14.0. The zero-order valence-electron chi connectivity index (χ0n) is 16.0. The average Bonchev–Trinajstić information content (AvgIpc) is 3.31. The predicted molar refractivity (Wildman–Crippen MR) is 109 cm³/mol. The summed E-state index contributed by atoms with van der Waals surface area (Å²) in [6.45, 7) is 0.410. The molecule has 1 aliphatic heterocycles. The standard InChI is InChI=1S/C23H19FN4O2/c24-17-7-9-18(23-25-27-28-26-23)20(12-17)15-6-8-19-21(11-15)30-13-16(22(19)29)10-14-4-2-1-3-5-14/h1-9,11-12,16,22,29H,10,13H2,(H,25,26,27,28)/t16-,22+/m0/s1. The van der Waals surface area contributed by atoms with E-state index in [0.717, 1.165) is 23.1 Å². The average molecular weight is 402 g/mol. The Morgan fingerprint density at radius 3 is 2.70 bits per heavy atom. The molecule has 0 saturated heterocycles. The molecule has 0 amide bonds. The van der Waals surface area contributed by atoms with Crippen LogP contribution >= 0.6 is 0 Å². The Labute approximate surface area is 172 Å². The minimum atomic E-state index is -0.632. The van der Waals surface area contributed by atoms with Crippen molar-refractivity contribution in [1.82, 2.24) is 20.6 Å². The third kappa shape index (κ3) is 3.44. The molecule has 2 N–H and O–H groups in total. The number of hydrogen-bond donors (Lipinski definition) is 2. The molecule has 0 spiro atoms. The second-order valence-corrected chi connectivity index (χ2v) is 7.38. The minimum absolute atomic E-state index is 0.0326. The van der Waals surface area contributed by atoms with Crippen LogP contribution in [-0.2, 0) is 6.42 Å². The summed E-state index contributed by atoms with van der Waals surface area (Å²) < 4.78 is 20.0. The summed E-state index contributed by atoms with van der Waals surface area (Å²) in [6, 6.07) is 20.0. The third-order valence-corrected chi connectivity index (χ3v) is 5.45. The van der Waals surface area contributed by atoms with Crippen LogP contribution in [0.3, 0.4) is 0 Å². The predicted octanol–water partition coefficient (Wildman–Crippen LogP) is 3.96. The van der Waals surface area contributed by atoms with Crippen molar-refractivity contribution < 1.29 is 14.2 Å². The molecule has 1 aliphatic rings. The molecular weight excluding hydrogens is 383 g/mol. The number of hydrogen-bond acceptors (Lipinski definition) is 5. The number of aromatic amines is 1. The quantitative estimate of drug-likeness (QED) is 0.540. The number of aliphatic hydroxyl groups excluding tert-OH is 1. The molecule has 0 saturated carbocycles. The van der Waals surface area contributed by atoms with E-state index in [4.69, 9.17) is 4.74 Å². The number of tetrazole rings is 1. The molecule has 3 aromatic carbocycles. The highest BCUT2D eigenvalue weighted by Crippen LogP contribution is 2.40. The van der Waals surface area contributed by atoms with Gasteiger partial charge in [0.1, 0.15) is 11.6 Å². The van der Waals surface area contributed by atoms with E-state index in [9.17, 15) is 9.50 Å². The number of benzene rings is 3.